The molecule has 1 nitrogen and oxygen atoms in total. The molecule has 10 atom stereocenters. The van der Waals surface area contributed by atoms with Crippen LogP contribution in [0.15, 0.2) is 24.3 Å². The molecule has 36 heavy (non-hydrogen) atoms. The predicted octanol–water partition coefficient (Wildman–Crippen LogP) is 9.59. The highest BCUT2D eigenvalue weighted by Crippen LogP contribution is 2.69. The maximum absolute atomic E-state index is 11.2. The number of hydrogen-bond donors (Lipinski definition) is 1. The summed E-state index contributed by atoms with van der Waals surface area (Å²) in [5.74, 6) is 6.45. The van der Waals surface area contributed by atoms with Crippen molar-refractivity contribution in [1.29, 1.82) is 0 Å². The third-order valence-electron chi connectivity index (χ3n) is 12.5. The molecule has 1 N–H and O–H groups in total. The molecule has 4 fully saturated rings. The van der Waals surface area contributed by atoms with Gasteiger partial charge in [-0.15, -0.1) is 0 Å². The van der Waals surface area contributed by atoms with Gasteiger partial charge in [-0.2, -0.15) is 0 Å². The van der Waals surface area contributed by atoms with E-state index < -0.39 is 0 Å². The monoisotopic (exact) mass is 512 g/mol. The molecule has 0 spiro atoms. The van der Waals surface area contributed by atoms with Crippen molar-refractivity contribution in [3.8, 4) is 0 Å². The van der Waals surface area contributed by atoms with E-state index >= 15 is 0 Å². The fourth-order valence-corrected chi connectivity index (χ4v) is 10.8. The number of fused-ring (bicyclic) bond motifs is 5. The molecule has 0 amide bonds. The van der Waals surface area contributed by atoms with Crippen LogP contribution in [-0.2, 0) is 6.42 Å². The molecule has 0 radical (unpaired) electrons. The van der Waals surface area contributed by atoms with Crippen LogP contribution in [0.1, 0.15) is 111 Å². The summed E-state index contributed by atoms with van der Waals surface area (Å²) in [6.45, 7) is 12.7. The van der Waals surface area contributed by atoms with Crippen LogP contribution >= 0.6 is 11.6 Å². The molecule has 1 aromatic rings. The van der Waals surface area contributed by atoms with Gasteiger partial charge < -0.3 is 5.11 Å². The zero-order chi connectivity index (χ0) is 25.7. The van der Waals surface area contributed by atoms with Gasteiger partial charge in [0.25, 0.3) is 0 Å². The quantitative estimate of drug-likeness (QED) is 0.385. The first-order valence-corrected chi connectivity index (χ1v) is 15.9. The van der Waals surface area contributed by atoms with Gasteiger partial charge in [0.15, 0.2) is 0 Å². The van der Waals surface area contributed by atoms with Gasteiger partial charge in [-0.25, -0.2) is 0 Å². The van der Waals surface area contributed by atoms with E-state index in [0.717, 1.165) is 53.4 Å². The summed E-state index contributed by atoms with van der Waals surface area (Å²) >= 11 is 6.17. The summed E-state index contributed by atoms with van der Waals surface area (Å²) in [4.78, 5) is 0. The van der Waals surface area contributed by atoms with E-state index in [1.807, 2.05) is 12.1 Å². The lowest BCUT2D eigenvalue weighted by molar-refractivity contribution is -0.152. The zero-order valence-corrected chi connectivity index (χ0v) is 24.6. The van der Waals surface area contributed by atoms with Gasteiger partial charge >= 0.3 is 0 Å². The molecule has 0 saturated heterocycles. The number of rotatable bonds is 7. The van der Waals surface area contributed by atoms with Crippen LogP contribution in [-0.4, -0.2) is 11.2 Å². The lowest BCUT2D eigenvalue weighted by Gasteiger charge is -2.63. The Labute approximate surface area is 227 Å². The highest BCUT2D eigenvalue weighted by Gasteiger charge is 2.61. The summed E-state index contributed by atoms with van der Waals surface area (Å²) < 4.78 is 0. The third-order valence-corrected chi connectivity index (χ3v) is 12.8. The van der Waals surface area contributed by atoms with Crippen molar-refractivity contribution >= 4 is 11.6 Å². The Balaban J connectivity index is 1.31. The average Bonchev–Trinajstić information content (AvgIpc) is 3.19. The van der Waals surface area contributed by atoms with Gasteiger partial charge in [0.1, 0.15) is 0 Å². The van der Waals surface area contributed by atoms with Crippen LogP contribution in [0.5, 0.6) is 0 Å². The standard InChI is InChI=1S/C34H53ClO/c1-22(2)7-6-8-23(3)28-15-16-29-26-13-14-30-27(21-24-9-11-25(35)12-10-24)32(36)18-20-34(30,5)31(26)17-19-33(28,29)4/h9-12,22-23,26-32,36H,6-8,13-21H2,1-5H3/t23-,26+,27+,28-,29+,30+,31+,32-,33-,34+/m1/s1. The predicted molar refractivity (Wildman–Crippen MR) is 153 cm³/mol. The number of benzene rings is 1. The highest BCUT2D eigenvalue weighted by atomic mass is 35.5. The van der Waals surface area contributed by atoms with Gasteiger partial charge in [-0.05, 0) is 134 Å². The van der Waals surface area contributed by atoms with Crippen LogP contribution in [0.2, 0.25) is 5.02 Å². The van der Waals surface area contributed by atoms with E-state index in [-0.39, 0.29) is 6.10 Å². The summed E-state index contributed by atoms with van der Waals surface area (Å²) in [5.41, 5.74) is 2.32. The van der Waals surface area contributed by atoms with E-state index in [1.54, 1.807) is 0 Å². The first-order chi connectivity index (χ1) is 17.1. The van der Waals surface area contributed by atoms with Gasteiger partial charge in [-0.3, -0.25) is 0 Å². The topological polar surface area (TPSA) is 20.2 Å². The van der Waals surface area contributed by atoms with Crippen LogP contribution in [0.25, 0.3) is 0 Å². The maximum atomic E-state index is 11.2. The molecule has 4 aliphatic carbocycles. The minimum Gasteiger partial charge on any atom is -0.393 e. The molecule has 4 aliphatic rings. The average molecular weight is 513 g/mol. The van der Waals surface area contributed by atoms with Gasteiger partial charge in [0, 0.05) is 5.02 Å². The molecule has 0 heterocycles. The smallest absolute Gasteiger partial charge is 0.0574 e. The zero-order valence-electron chi connectivity index (χ0n) is 23.8. The number of aliphatic hydroxyl groups is 1. The molecule has 0 aromatic heterocycles. The maximum Gasteiger partial charge on any atom is 0.0574 e. The molecule has 0 bridgehead atoms. The largest absolute Gasteiger partial charge is 0.393 e. The van der Waals surface area contributed by atoms with E-state index in [4.69, 9.17) is 11.6 Å². The van der Waals surface area contributed by atoms with Crippen molar-refractivity contribution in [1.82, 2.24) is 0 Å². The second-order valence-electron chi connectivity index (χ2n) is 14.7. The van der Waals surface area contributed by atoms with Crippen molar-refractivity contribution < 1.29 is 5.11 Å². The first-order valence-electron chi connectivity index (χ1n) is 15.6. The van der Waals surface area contributed by atoms with Crippen molar-refractivity contribution in [2.45, 2.75) is 118 Å². The Morgan fingerprint density at radius 2 is 1.50 bits per heavy atom. The second-order valence-corrected chi connectivity index (χ2v) is 15.1. The SMILES string of the molecule is CC(C)CCC[C@@H](C)[C@H]1CC[C@H]2[C@@H]3CC[C@H]4[C@H](Cc5ccc(Cl)cc5)[C@H](O)CC[C@]4(C)[C@H]3CC[C@]12C. The minimum atomic E-state index is -0.147. The first kappa shape index (κ1) is 27.1. The summed E-state index contributed by atoms with van der Waals surface area (Å²) in [6, 6.07) is 8.40. The molecule has 1 aromatic carbocycles. The van der Waals surface area contributed by atoms with Crippen LogP contribution in [0.4, 0.5) is 0 Å². The number of halogens is 1. The van der Waals surface area contributed by atoms with Crippen LogP contribution < -0.4 is 0 Å². The number of hydrogen-bond acceptors (Lipinski definition) is 1. The third kappa shape index (κ3) is 4.83. The molecule has 4 saturated carbocycles. The Kier molecular flexibility index (Phi) is 7.94. The summed E-state index contributed by atoms with van der Waals surface area (Å²) in [5, 5.41) is 12.0. The van der Waals surface area contributed by atoms with Crippen LogP contribution in [0.3, 0.4) is 0 Å². The number of aliphatic hydroxyl groups excluding tert-OH is 1. The lowest BCUT2D eigenvalue weighted by Crippen LogP contribution is -2.57. The second kappa shape index (κ2) is 10.6. The Hall–Kier alpha value is -0.530. The summed E-state index contributed by atoms with van der Waals surface area (Å²) in [7, 11) is 0. The lowest BCUT2D eigenvalue weighted by atomic mass is 9.42. The Bertz CT molecular complexity index is 878. The van der Waals surface area contributed by atoms with E-state index in [9.17, 15) is 5.11 Å². The van der Waals surface area contributed by atoms with Gasteiger partial charge in [0.05, 0.1) is 6.10 Å². The van der Waals surface area contributed by atoms with Crippen molar-refractivity contribution in [3.05, 3.63) is 34.9 Å². The van der Waals surface area contributed by atoms with E-state index in [0.29, 0.717) is 22.7 Å². The Morgan fingerprint density at radius 3 is 2.22 bits per heavy atom. The van der Waals surface area contributed by atoms with Crippen molar-refractivity contribution in [2.75, 3.05) is 0 Å². The summed E-state index contributed by atoms with van der Waals surface area (Å²) in [6.07, 6.45) is 15.9. The van der Waals surface area contributed by atoms with Crippen molar-refractivity contribution in [2.24, 2.45) is 58.2 Å². The molecule has 2 heteroatoms. The normalized spacial score (nSPS) is 43.1. The fraction of sp³-hybridized carbons (Fsp3) is 0.824. The Morgan fingerprint density at radius 1 is 0.833 bits per heavy atom. The van der Waals surface area contributed by atoms with E-state index in [2.05, 4.69) is 46.8 Å². The molecule has 0 aliphatic heterocycles. The van der Waals surface area contributed by atoms with E-state index in [1.165, 1.54) is 69.8 Å². The fourth-order valence-electron chi connectivity index (χ4n) is 10.7. The minimum absolute atomic E-state index is 0.147. The van der Waals surface area contributed by atoms with Gasteiger partial charge in [0.2, 0.25) is 0 Å². The van der Waals surface area contributed by atoms with Crippen molar-refractivity contribution in [3.63, 3.8) is 0 Å². The molecule has 5 rings (SSSR count). The molecular weight excluding hydrogens is 460 g/mol. The molecule has 202 valence electrons. The molecule has 0 unspecified atom stereocenters. The van der Waals surface area contributed by atoms with Crippen LogP contribution in [0, 0.1) is 58.2 Å². The van der Waals surface area contributed by atoms with Gasteiger partial charge in [-0.1, -0.05) is 77.6 Å². The highest BCUT2D eigenvalue weighted by molar-refractivity contribution is 6.30. The molecular formula is C34H53ClO.